The number of furan rings is 1. The molecule has 0 fully saturated rings. The van der Waals surface area contributed by atoms with E-state index in [2.05, 4.69) is 15.5 Å². The summed E-state index contributed by atoms with van der Waals surface area (Å²) < 4.78 is 49.1. The van der Waals surface area contributed by atoms with Crippen molar-refractivity contribution in [3.63, 3.8) is 0 Å². The van der Waals surface area contributed by atoms with Gasteiger partial charge in [-0.3, -0.25) is 4.79 Å². The Morgan fingerprint density at radius 3 is 2.68 bits per heavy atom. The lowest BCUT2D eigenvalue weighted by molar-refractivity contribution is -0.137. The minimum atomic E-state index is -4.47. The number of halogens is 3. The number of benzene rings is 1. The van der Waals surface area contributed by atoms with E-state index in [4.69, 9.17) is 8.94 Å². The second-order valence-electron chi connectivity index (χ2n) is 6.35. The molecule has 1 aromatic carbocycles. The van der Waals surface area contributed by atoms with Crippen LogP contribution in [0.1, 0.15) is 48.3 Å². The third kappa shape index (κ3) is 4.24. The van der Waals surface area contributed by atoms with Gasteiger partial charge in [-0.25, -0.2) is 0 Å². The molecule has 2 aromatic heterocycles. The molecule has 0 saturated heterocycles. The van der Waals surface area contributed by atoms with E-state index in [1.54, 1.807) is 6.07 Å². The lowest BCUT2D eigenvalue weighted by Gasteiger charge is -2.20. The highest BCUT2D eigenvalue weighted by atomic mass is 19.4. The van der Waals surface area contributed by atoms with Crippen LogP contribution in [0.25, 0.3) is 11.4 Å². The van der Waals surface area contributed by atoms with Crippen LogP contribution < -0.4 is 5.32 Å². The summed E-state index contributed by atoms with van der Waals surface area (Å²) in [6.45, 7) is 3.82. The van der Waals surface area contributed by atoms with E-state index in [9.17, 15) is 18.0 Å². The summed E-state index contributed by atoms with van der Waals surface area (Å²) in [6, 6.07) is 7.15. The van der Waals surface area contributed by atoms with Gasteiger partial charge in [0.15, 0.2) is 5.76 Å². The summed E-state index contributed by atoms with van der Waals surface area (Å²) in [6.07, 6.45) is -2.39. The SMILES string of the molecule is CC[C@H](C)[C@H](NC(=O)c1ccco1)c1nc(-c2cccc(C(F)(F)F)c2)no1. The zero-order valence-electron chi connectivity index (χ0n) is 15.2. The van der Waals surface area contributed by atoms with Gasteiger partial charge in [-0.2, -0.15) is 18.2 Å². The second-order valence-corrected chi connectivity index (χ2v) is 6.35. The highest BCUT2D eigenvalue weighted by molar-refractivity contribution is 5.91. The van der Waals surface area contributed by atoms with Gasteiger partial charge in [0.05, 0.1) is 11.8 Å². The van der Waals surface area contributed by atoms with Crippen molar-refractivity contribution >= 4 is 5.91 Å². The number of nitrogens with one attached hydrogen (secondary N) is 1. The average Bonchev–Trinajstić information content (AvgIpc) is 3.36. The molecule has 148 valence electrons. The van der Waals surface area contributed by atoms with Gasteiger partial charge >= 0.3 is 6.18 Å². The largest absolute Gasteiger partial charge is 0.459 e. The van der Waals surface area contributed by atoms with Gasteiger partial charge in [-0.05, 0) is 30.2 Å². The minimum absolute atomic E-state index is 0.0154. The molecule has 2 heterocycles. The minimum Gasteiger partial charge on any atom is -0.459 e. The Labute approximate surface area is 158 Å². The monoisotopic (exact) mass is 393 g/mol. The summed E-state index contributed by atoms with van der Waals surface area (Å²) >= 11 is 0. The fourth-order valence-corrected chi connectivity index (χ4v) is 2.62. The van der Waals surface area contributed by atoms with Gasteiger partial charge in [0.2, 0.25) is 11.7 Å². The Kier molecular flexibility index (Phi) is 5.53. The van der Waals surface area contributed by atoms with Crippen LogP contribution in [0.15, 0.2) is 51.6 Å². The maximum Gasteiger partial charge on any atom is 0.416 e. The van der Waals surface area contributed by atoms with E-state index in [1.165, 1.54) is 24.5 Å². The van der Waals surface area contributed by atoms with Crippen molar-refractivity contribution in [1.29, 1.82) is 0 Å². The molecular weight excluding hydrogens is 375 g/mol. The molecule has 3 rings (SSSR count). The molecule has 1 N–H and O–H groups in total. The first kappa shape index (κ1) is 19.7. The lowest BCUT2D eigenvalue weighted by Crippen LogP contribution is -2.32. The van der Waals surface area contributed by atoms with Crippen LogP contribution in [0.2, 0.25) is 0 Å². The van der Waals surface area contributed by atoms with Crippen LogP contribution in [0.5, 0.6) is 0 Å². The number of alkyl halides is 3. The first-order valence-corrected chi connectivity index (χ1v) is 8.65. The van der Waals surface area contributed by atoms with Crippen molar-refractivity contribution < 1.29 is 26.9 Å². The molecule has 1 amide bonds. The predicted octanol–water partition coefficient (Wildman–Crippen LogP) is 4.87. The van der Waals surface area contributed by atoms with E-state index in [1.807, 2.05) is 13.8 Å². The van der Waals surface area contributed by atoms with Crippen molar-refractivity contribution in [2.75, 3.05) is 0 Å². The summed E-state index contributed by atoms with van der Waals surface area (Å²) in [4.78, 5) is 16.5. The van der Waals surface area contributed by atoms with Gasteiger partial charge in [-0.15, -0.1) is 0 Å². The van der Waals surface area contributed by atoms with Crippen LogP contribution in [0, 0.1) is 5.92 Å². The summed E-state index contributed by atoms with van der Waals surface area (Å²) in [5.74, 6) is -0.253. The van der Waals surface area contributed by atoms with E-state index >= 15 is 0 Å². The molecule has 28 heavy (non-hydrogen) atoms. The topological polar surface area (TPSA) is 81.2 Å². The Bertz CT molecular complexity index is 935. The highest BCUT2D eigenvalue weighted by Gasteiger charge is 2.31. The van der Waals surface area contributed by atoms with E-state index in [0.717, 1.165) is 12.1 Å². The zero-order chi connectivity index (χ0) is 20.3. The number of rotatable bonds is 6. The van der Waals surface area contributed by atoms with Crippen LogP contribution in [0.4, 0.5) is 13.2 Å². The quantitative estimate of drug-likeness (QED) is 0.646. The van der Waals surface area contributed by atoms with Gasteiger partial charge in [0.25, 0.3) is 5.91 Å². The molecule has 0 bridgehead atoms. The summed E-state index contributed by atoms with van der Waals surface area (Å²) in [5.41, 5.74) is -0.633. The molecular formula is C19H18F3N3O3. The fourth-order valence-electron chi connectivity index (χ4n) is 2.62. The first-order valence-electron chi connectivity index (χ1n) is 8.65. The van der Waals surface area contributed by atoms with Gasteiger partial charge in [0, 0.05) is 5.56 Å². The Morgan fingerprint density at radius 2 is 2.04 bits per heavy atom. The number of carbonyl (C=O) groups is 1. The van der Waals surface area contributed by atoms with Crippen molar-refractivity contribution in [3.8, 4) is 11.4 Å². The molecule has 0 aliphatic heterocycles. The Balaban J connectivity index is 1.87. The molecule has 0 aliphatic carbocycles. The predicted molar refractivity (Wildman–Crippen MR) is 93.1 cm³/mol. The van der Waals surface area contributed by atoms with E-state index < -0.39 is 23.7 Å². The molecule has 3 aromatic rings. The summed E-state index contributed by atoms with van der Waals surface area (Å²) in [7, 11) is 0. The Hall–Kier alpha value is -3.10. The maximum absolute atomic E-state index is 12.9. The standard InChI is InChI=1S/C19H18F3N3O3/c1-3-11(2)15(23-17(26)14-8-5-9-27-14)18-24-16(25-28-18)12-6-4-7-13(10-12)19(20,21)22/h4-11,15H,3H2,1-2H3,(H,23,26)/t11-,15-/m0/s1. The average molecular weight is 393 g/mol. The third-order valence-corrected chi connectivity index (χ3v) is 4.40. The smallest absolute Gasteiger partial charge is 0.416 e. The first-order chi connectivity index (χ1) is 13.3. The van der Waals surface area contributed by atoms with E-state index in [0.29, 0.717) is 6.42 Å². The second kappa shape index (κ2) is 7.87. The molecule has 9 heteroatoms. The zero-order valence-corrected chi connectivity index (χ0v) is 15.2. The van der Waals surface area contributed by atoms with Gasteiger partial charge in [-0.1, -0.05) is 37.6 Å². The highest BCUT2D eigenvalue weighted by Crippen LogP contribution is 2.32. The van der Waals surface area contributed by atoms with Crippen LogP contribution in [-0.2, 0) is 6.18 Å². The summed E-state index contributed by atoms with van der Waals surface area (Å²) in [5, 5.41) is 6.57. The Morgan fingerprint density at radius 1 is 1.25 bits per heavy atom. The number of amides is 1. The fraction of sp³-hybridized carbons (Fsp3) is 0.316. The number of hydrogen-bond acceptors (Lipinski definition) is 5. The van der Waals surface area contributed by atoms with Crippen molar-refractivity contribution in [2.24, 2.45) is 5.92 Å². The van der Waals surface area contributed by atoms with Crippen molar-refractivity contribution in [1.82, 2.24) is 15.5 Å². The van der Waals surface area contributed by atoms with Gasteiger partial charge < -0.3 is 14.3 Å². The molecule has 0 spiro atoms. The maximum atomic E-state index is 12.9. The third-order valence-electron chi connectivity index (χ3n) is 4.40. The molecule has 0 radical (unpaired) electrons. The van der Waals surface area contributed by atoms with Crippen LogP contribution in [-0.4, -0.2) is 16.0 Å². The molecule has 2 atom stereocenters. The van der Waals surface area contributed by atoms with Crippen molar-refractivity contribution in [3.05, 3.63) is 59.9 Å². The van der Waals surface area contributed by atoms with Crippen molar-refractivity contribution in [2.45, 2.75) is 32.5 Å². The normalized spacial score (nSPS) is 13.9. The number of carbonyl (C=O) groups excluding carboxylic acids is 1. The number of hydrogen-bond donors (Lipinski definition) is 1. The van der Waals surface area contributed by atoms with Crippen LogP contribution >= 0.6 is 0 Å². The molecule has 6 nitrogen and oxygen atoms in total. The lowest BCUT2D eigenvalue weighted by atomic mass is 9.99. The number of aromatic nitrogens is 2. The van der Waals surface area contributed by atoms with E-state index in [-0.39, 0.29) is 29.0 Å². The molecule has 0 aliphatic rings. The molecule has 0 saturated carbocycles. The van der Waals surface area contributed by atoms with Gasteiger partial charge in [0.1, 0.15) is 6.04 Å². The number of nitrogens with zero attached hydrogens (tertiary/aromatic N) is 2. The molecule has 0 unspecified atom stereocenters. The van der Waals surface area contributed by atoms with Crippen LogP contribution in [0.3, 0.4) is 0 Å².